The first kappa shape index (κ1) is 10.5. The number of ether oxygens (including phenoxy) is 1. The average molecular weight is 234 g/mol. The van der Waals surface area contributed by atoms with Crippen LogP contribution in [0.4, 0.5) is 11.6 Å². The number of anilines is 2. The largest absolute Gasteiger partial charge is 0.381 e. The van der Waals surface area contributed by atoms with Crippen molar-refractivity contribution >= 4 is 17.5 Å². The molecule has 0 spiro atoms. The number of carbonyl (C=O) groups excluding carboxylic acids is 1. The second kappa shape index (κ2) is 4.29. The Morgan fingerprint density at radius 3 is 2.88 bits per heavy atom. The lowest BCUT2D eigenvalue weighted by atomic mass is 10.1. The van der Waals surface area contributed by atoms with E-state index in [0.29, 0.717) is 31.4 Å². The van der Waals surface area contributed by atoms with Crippen molar-refractivity contribution in [1.82, 2.24) is 9.97 Å². The van der Waals surface area contributed by atoms with Crippen molar-refractivity contribution in [3.8, 4) is 0 Å². The first-order valence-corrected chi connectivity index (χ1v) is 5.81. The number of aromatic nitrogens is 2. The number of nitrogens with one attached hydrogen (secondary N) is 1. The molecule has 1 amide bonds. The number of amides is 1. The minimum atomic E-state index is 0.0601. The smallest absolute Gasteiger partial charge is 0.247 e. The van der Waals surface area contributed by atoms with Crippen LogP contribution < -0.4 is 10.2 Å². The summed E-state index contributed by atoms with van der Waals surface area (Å²) in [6.07, 6.45) is 4.97. The van der Waals surface area contributed by atoms with Gasteiger partial charge in [-0.1, -0.05) is 0 Å². The Balaban J connectivity index is 1.94. The molecule has 2 aliphatic rings. The number of rotatable bonds is 1. The van der Waals surface area contributed by atoms with Crippen LogP contribution in [0.25, 0.3) is 0 Å². The molecule has 3 rings (SSSR count). The first-order chi connectivity index (χ1) is 8.36. The monoisotopic (exact) mass is 234 g/mol. The normalized spacial score (nSPS) is 20.9. The summed E-state index contributed by atoms with van der Waals surface area (Å²) in [5.41, 5.74) is 0. The van der Waals surface area contributed by atoms with Crippen LogP contribution in [-0.2, 0) is 9.53 Å². The zero-order valence-corrected chi connectivity index (χ0v) is 9.43. The summed E-state index contributed by atoms with van der Waals surface area (Å²) in [6.45, 7) is 1.71. The molecular weight excluding hydrogens is 220 g/mol. The molecule has 0 bridgehead atoms. The fourth-order valence-electron chi connectivity index (χ4n) is 2.31. The van der Waals surface area contributed by atoms with E-state index in [1.807, 2.05) is 0 Å². The van der Waals surface area contributed by atoms with Gasteiger partial charge in [0.15, 0.2) is 11.6 Å². The van der Waals surface area contributed by atoms with Gasteiger partial charge in [0, 0.05) is 31.6 Å². The molecule has 0 atom stereocenters. The van der Waals surface area contributed by atoms with E-state index in [1.54, 1.807) is 17.3 Å². The maximum atomic E-state index is 12.0. The third-order valence-electron chi connectivity index (χ3n) is 3.14. The Morgan fingerprint density at radius 1 is 1.29 bits per heavy atom. The van der Waals surface area contributed by atoms with E-state index >= 15 is 0 Å². The Hall–Kier alpha value is -1.69. The van der Waals surface area contributed by atoms with Crippen molar-refractivity contribution < 1.29 is 9.53 Å². The molecule has 2 aliphatic heterocycles. The van der Waals surface area contributed by atoms with Gasteiger partial charge >= 0.3 is 0 Å². The van der Waals surface area contributed by atoms with E-state index in [1.165, 1.54) is 0 Å². The molecule has 1 N–H and O–H groups in total. The molecule has 17 heavy (non-hydrogen) atoms. The molecule has 3 heterocycles. The highest BCUT2D eigenvalue weighted by Crippen LogP contribution is 2.29. The summed E-state index contributed by atoms with van der Waals surface area (Å²) < 4.78 is 5.32. The van der Waals surface area contributed by atoms with Crippen molar-refractivity contribution in [2.24, 2.45) is 0 Å². The summed E-state index contributed by atoms with van der Waals surface area (Å²) >= 11 is 0. The van der Waals surface area contributed by atoms with Crippen LogP contribution in [0.1, 0.15) is 12.8 Å². The fourth-order valence-corrected chi connectivity index (χ4v) is 2.31. The maximum Gasteiger partial charge on any atom is 0.247 e. The lowest BCUT2D eigenvalue weighted by Gasteiger charge is -2.36. The van der Waals surface area contributed by atoms with E-state index in [4.69, 9.17) is 4.74 Å². The molecule has 0 aliphatic carbocycles. The van der Waals surface area contributed by atoms with Gasteiger partial charge in [-0.15, -0.1) is 0 Å². The minimum absolute atomic E-state index is 0.0601. The molecule has 90 valence electrons. The van der Waals surface area contributed by atoms with Gasteiger partial charge in [0.1, 0.15) is 0 Å². The number of hydrogen-bond acceptors (Lipinski definition) is 5. The molecule has 1 aromatic rings. The van der Waals surface area contributed by atoms with Crippen molar-refractivity contribution in [2.45, 2.75) is 18.9 Å². The van der Waals surface area contributed by atoms with E-state index < -0.39 is 0 Å². The minimum Gasteiger partial charge on any atom is -0.381 e. The highest BCUT2D eigenvalue weighted by Gasteiger charge is 2.32. The number of carbonyl (C=O) groups is 1. The standard InChI is InChI=1S/C11H14N4O2/c16-9-7-14-10-11(13-4-3-12-10)15(9)8-1-5-17-6-2-8/h3-4,8H,1-2,5-7H2,(H,12,14). The zero-order chi connectivity index (χ0) is 11.7. The fraction of sp³-hybridized carbons (Fsp3) is 0.545. The van der Waals surface area contributed by atoms with Crippen molar-refractivity contribution in [2.75, 3.05) is 30.0 Å². The van der Waals surface area contributed by atoms with Gasteiger partial charge in [0.2, 0.25) is 5.91 Å². The van der Waals surface area contributed by atoms with Crippen LogP contribution in [0.2, 0.25) is 0 Å². The highest BCUT2D eigenvalue weighted by atomic mass is 16.5. The van der Waals surface area contributed by atoms with Crippen LogP contribution >= 0.6 is 0 Å². The average Bonchev–Trinajstić information content (AvgIpc) is 2.39. The summed E-state index contributed by atoms with van der Waals surface area (Å²) in [5.74, 6) is 1.40. The van der Waals surface area contributed by atoms with Crippen LogP contribution in [0.5, 0.6) is 0 Å². The van der Waals surface area contributed by atoms with E-state index in [-0.39, 0.29) is 11.9 Å². The molecule has 0 aromatic carbocycles. The summed E-state index contributed by atoms with van der Waals surface area (Å²) in [4.78, 5) is 22.3. The maximum absolute atomic E-state index is 12.0. The predicted molar refractivity (Wildman–Crippen MR) is 61.8 cm³/mol. The van der Waals surface area contributed by atoms with Crippen LogP contribution in [0.15, 0.2) is 12.4 Å². The Morgan fingerprint density at radius 2 is 2.06 bits per heavy atom. The predicted octanol–water partition coefficient (Wildman–Crippen LogP) is 0.414. The van der Waals surface area contributed by atoms with Gasteiger partial charge < -0.3 is 10.1 Å². The van der Waals surface area contributed by atoms with Gasteiger partial charge in [-0.3, -0.25) is 9.69 Å². The van der Waals surface area contributed by atoms with Gasteiger partial charge in [-0.2, -0.15) is 0 Å². The third kappa shape index (κ3) is 1.84. The molecule has 1 saturated heterocycles. The SMILES string of the molecule is O=C1CNc2nccnc2N1C1CCOCC1. The van der Waals surface area contributed by atoms with Crippen molar-refractivity contribution in [1.29, 1.82) is 0 Å². The summed E-state index contributed by atoms with van der Waals surface area (Å²) in [5, 5.41) is 2.99. The van der Waals surface area contributed by atoms with E-state index in [0.717, 1.165) is 12.8 Å². The van der Waals surface area contributed by atoms with Crippen LogP contribution in [-0.4, -0.2) is 41.7 Å². The summed E-state index contributed by atoms with van der Waals surface area (Å²) in [7, 11) is 0. The van der Waals surface area contributed by atoms with Crippen LogP contribution in [0, 0.1) is 0 Å². The highest BCUT2D eigenvalue weighted by molar-refractivity contribution is 6.01. The van der Waals surface area contributed by atoms with Crippen molar-refractivity contribution in [3.63, 3.8) is 0 Å². The molecule has 0 saturated carbocycles. The quantitative estimate of drug-likeness (QED) is 0.762. The second-order valence-corrected chi connectivity index (χ2v) is 4.19. The molecule has 6 nitrogen and oxygen atoms in total. The van der Waals surface area contributed by atoms with Gasteiger partial charge in [-0.05, 0) is 12.8 Å². The lowest BCUT2D eigenvalue weighted by molar-refractivity contribution is -0.118. The topological polar surface area (TPSA) is 67.4 Å². The Bertz CT molecular complexity index is 431. The molecule has 0 unspecified atom stereocenters. The lowest BCUT2D eigenvalue weighted by Crippen LogP contribution is -2.49. The molecular formula is C11H14N4O2. The zero-order valence-electron chi connectivity index (χ0n) is 9.43. The third-order valence-corrected chi connectivity index (χ3v) is 3.14. The van der Waals surface area contributed by atoms with E-state index in [9.17, 15) is 4.79 Å². The van der Waals surface area contributed by atoms with Gasteiger partial charge in [-0.25, -0.2) is 9.97 Å². The number of hydrogen-bond donors (Lipinski definition) is 1. The van der Waals surface area contributed by atoms with Crippen LogP contribution in [0.3, 0.4) is 0 Å². The molecule has 1 fully saturated rings. The van der Waals surface area contributed by atoms with Crippen molar-refractivity contribution in [3.05, 3.63) is 12.4 Å². The first-order valence-electron chi connectivity index (χ1n) is 5.81. The molecule has 6 heteroatoms. The van der Waals surface area contributed by atoms with Gasteiger partial charge in [0.25, 0.3) is 0 Å². The Labute approximate surface area is 99.0 Å². The number of nitrogens with zero attached hydrogens (tertiary/aromatic N) is 3. The van der Waals surface area contributed by atoms with E-state index in [2.05, 4.69) is 15.3 Å². The van der Waals surface area contributed by atoms with Gasteiger partial charge in [0.05, 0.1) is 6.54 Å². The number of fused-ring (bicyclic) bond motifs is 1. The Kier molecular flexibility index (Phi) is 2.64. The molecule has 0 radical (unpaired) electrons. The molecule has 1 aromatic heterocycles. The second-order valence-electron chi connectivity index (χ2n) is 4.19. The summed E-state index contributed by atoms with van der Waals surface area (Å²) in [6, 6.07) is 0.189.